The molecule has 0 atom stereocenters. The zero-order valence-electron chi connectivity index (χ0n) is 4.13. The molecule has 10 heavy (non-hydrogen) atoms. The molecule has 0 unspecified atom stereocenters. The summed E-state index contributed by atoms with van der Waals surface area (Å²) in [6, 6.07) is 0. The number of hydrogen-bond acceptors (Lipinski definition) is 5. The van der Waals surface area contributed by atoms with Crippen LogP contribution in [-0.2, 0) is 0 Å². The van der Waals surface area contributed by atoms with Gasteiger partial charge in [0.2, 0.25) is 0 Å². The van der Waals surface area contributed by atoms with Crippen molar-refractivity contribution in [2.75, 3.05) is 0 Å². The van der Waals surface area contributed by atoms with Crippen molar-refractivity contribution in [2.24, 2.45) is 0 Å². The van der Waals surface area contributed by atoms with E-state index in [1.54, 1.807) is 0 Å². The maximum absolute atomic E-state index is 8.36. The fourth-order valence-electron chi connectivity index (χ4n) is 0. The van der Waals surface area contributed by atoms with Gasteiger partial charge in [-0.1, -0.05) is 0 Å². The van der Waals surface area contributed by atoms with Crippen LogP contribution < -0.4 is 6.15 Å². The van der Waals surface area contributed by atoms with Crippen molar-refractivity contribution in [3.63, 3.8) is 0 Å². The van der Waals surface area contributed by atoms with Crippen molar-refractivity contribution in [3.05, 3.63) is 20.2 Å². The maximum atomic E-state index is 8.36. The molecular formula is H7CaN3O6. The van der Waals surface area contributed by atoms with E-state index < -0.39 is 10.2 Å². The van der Waals surface area contributed by atoms with Crippen molar-refractivity contribution in [3.8, 4) is 0 Å². The Morgan fingerprint density at radius 1 is 1.00 bits per heavy atom. The average Bonchev–Trinajstić information content (AvgIpc) is 1.25. The first kappa shape index (κ1) is 22.6. The van der Waals surface area contributed by atoms with Gasteiger partial charge in [0.15, 0.2) is 0 Å². The zero-order valence-corrected chi connectivity index (χ0v) is 4.13. The van der Waals surface area contributed by atoms with Crippen molar-refractivity contribution in [1.29, 1.82) is 0 Å². The van der Waals surface area contributed by atoms with Crippen LogP contribution in [0.1, 0.15) is 0 Å². The van der Waals surface area contributed by atoms with E-state index in [-0.39, 0.29) is 43.9 Å². The van der Waals surface area contributed by atoms with E-state index in [1.165, 1.54) is 0 Å². The van der Waals surface area contributed by atoms with Crippen molar-refractivity contribution < 1.29 is 20.6 Å². The second-order valence-electron chi connectivity index (χ2n) is 0.476. The van der Waals surface area contributed by atoms with Crippen LogP contribution in [-0.4, -0.2) is 58.3 Å². The third kappa shape index (κ3) is 2310. The van der Waals surface area contributed by atoms with Gasteiger partial charge >= 0.3 is 37.7 Å². The Morgan fingerprint density at radius 3 is 1.00 bits per heavy atom. The third-order valence-electron chi connectivity index (χ3n) is 0. The molecule has 0 heterocycles. The molecule has 5 N–H and O–H groups in total. The van der Waals surface area contributed by atoms with E-state index in [2.05, 4.69) is 0 Å². The van der Waals surface area contributed by atoms with Gasteiger partial charge in [-0.2, -0.15) is 0 Å². The molecule has 0 fully saturated rings. The Labute approximate surface area is 84.4 Å². The molecule has 0 aromatic rings. The normalized spacial score (nSPS) is 4.80. The monoisotopic (exact) mass is 185 g/mol. The van der Waals surface area contributed by atoms with E-state index in [0.717, 1.165) is 0 Å². The molecule has 0 aliphatic heterocycles. The second kappa shape index (κ2) is 15.8. The van der Waals surface area contributed by atoms with Crippen LogP contribution in [0.2, 0.25) is 0 Å². The van der Waals surface area contributed by atoms with Crippen molar-refractivity contribution >= 4 is 37.7 Å². The molecule has 0 rings (SSSR count). The van der Waals surface area contributed by atoms with Crippen LogP contribution in [0.4, 0.5) is 0 Å². The molecule has 0 aliphatic carbocycles. The fourth-order valence-corrected chi connectivity index (χ4v) is 0. The van der Waals surface area contributed by atoms with E-state index in [9.17, 15) is 0 Å². The Kier molecular flexibility index (Phi) is 35.9. The second-order valence-corrected chi connectivity index (χ2v) is 0.476. The molecule has 60 valence electrons. The van der Waals surface area contributed by atoms with Gasteiger partial charge in [-0.3, -0.25) is 0 Å². The molecule has 10 heteroatoms. The van der Waals surface area contributed by atoms with E-state index >= 15 is 0 Å². The number of rotatable bonds is 0. The molecule has 0 bridgehead atoms. The standard InChI is InChI=1S/Ca.2HNO3.H3N.2H/c;2*2-1(3)4;;;/h;2*(H,2,3,4);1H3;;. The summed E-state index contributed by atoms with van der Waals surface area (Å²) >= 11 is 0. The Hall–Kier alpha value is -0.380. The van der Waals surface area contributed by atoms with Crippen LogP contribution in [0.25, 0.3) is 0 Å². The summed E-state index contributed by atoms with van der Waals surface area (Å²) in [4.78, 5) is 16.7. The molecule has 0 aromatic carbocycles. The van der Waals surface area contributed by atoms with Gasteiger partial charge in [0.05, 0.1) is 0 Å². The van der Waals surface area contributed by atoms with Gasteiger partial charge in [0.25, 0.3) is 10.2 Å². The van der Waals surface area contributed by atoms with E-state index in [1.807, 2.05) is 0 Å². The first-order valence-corrected chi connectivity index (χ1v) is 1.13. The van der Waals surface area contributed by atoms with E-state index in [0.29, 0.717) is 0 Å². The van der Waals surface area contributed by atoms with Crippen molar-refractivity contribution in [1.82, 2.24) is 6.15 Å². The quantitative estimate of drug-likeness (QED) is 0.236. The van der Waals surface area contributed by atoms with E-state index in [4.69, 9.17) is 30.6 Å². The minimum absolute atomic E-state index is 0. The van der Waals surface area contributed by atoms with Gasteiger partial charge in [0.1, 0.15) is 0 Å². The molecule has 9 nitrogen and oxygen atoms in total. The Balaban J connectivity index is -0.0000000300. The van der Waals surface area contributed by atoms with Gasteiger partial charge in [-0.05, 0) is 0 Å². The SMILES string of the molecule is N.O=[N+]([O-])O.O=[N+]([O-])O.[CaH2]. The number of hydrogen-bond donors (Lipinski definition) is 3. The predicted octanol–water partition coefficient (Wildman–Crippen LogP) is -1.45. The molecule has 0 aliphatic rings. The Bertz CT molecular complexity index is 71.0. The molecule has 0 saturated carbocycles. The minimum atomic E-state index is -1.50. The van der Waals surface area contributed by atoms with Crippen LogP contribution in [0.15, 0.2) is 0 Å². The summed E-state index contributed by atoms with van der Waals surface area (Å²) in [6.45, 7) is 0. The molecule has 0 amide bonds. The summed E-state index contributed by atoms with van der Waals surface area (Å²) in [5, 5.41) is 27.3. The molecule has 0 aromatic heterocycles. The first-order chi connectivity index (χ1) is 3.46. The van der Waals surface area contributed by atoms with Gasteiger partial charge in [-0.25, -0.2) is 0 Å². The number of nitrogens with zero attached hydrogens (tertiary/aromatic N) is 2. The topological polar surface area (TPSA) is 162 Å². The van der Waals surface area contributed by atoms with Gasteiger partial charge in [-0.15, -0.1) is 20.2 Å². The van der Waals surface area contributed by atoms with Gasteiger partial charge in [0, 0.05) is 0 Å². The Morgan fingerprint density at radius 2 is 1.00 bits per heavy atom. The van der Waals surface area contributed by atoms with Crippen LogP contribution in [0.5, 0.6) is 0 Å². The van der Waals surface area contributed by atoms with Crippen LogP contribution >= 0.6 is 0 Å². The molecule has 0 radical (unpaired) electrons. The summed E-state index contributed by atoms with van der Waals surface area (Å²) in [6.07, 6.45) is 0. The average molecular weight is 185 g/mol. The van der Waals surface area contributed by atoms with Crippen LogP contribution in [0.3, 0.4) is 0 Å². The predicted molar refractivity (Wildman–Crippen MR) is 31.1 cm³/mol. The summed E-state index contributed by atoms with van der Waals surface area (Å²) in [5.74, 6) is 0. The summed E-state index contributed by atoms with van der Waals surface area (Å²) in [7, 11) is 0. The molecule has 0 spiro atoms. The van der Waals surface area contributed by atoms with Gasteiger partial charge < -0.3 is 16.6 Å². The first-order valence-electron chi connectivity index (χ1n) is 1.13. The fraction of sp³-hybridized carbons (Fsp3) is 0. The zero-order chi connectivity index (χ0) is 7.15. The molecular weight excluding hydrogens is 178 g/mol. The summed E-state index contributed by atoms with van der Waals surface area (Å²) < 4.78 is 0. The van der Waals surface area contributed by atoms with Crippen molar-refractivity contribution in [2.45, 2.75) is 0 Å². The van der Waals surface area contributed by atoms with Crippen LogP contribution in [0, 0.1) is 20.2 Å². The molecule has 0 saturated heterocycles. The third-order valence-corrected chi connectivity index (χ3v) is 0. The summed E-state index contributed by atoms with van der Waals surface area (Å²) in [5.41, 5.74) is 0.